The van der Waals surface area contributed by atoms with Crippen LogP contribution in [0.2, 0.25) is 0 Å². The maximum absolute atomic E-state index is 9.32. The summed E-state index contributed by atoms with van der Waals surface area (Å²) in [6.45, 7) is 4.81. The second-order valence-corrected chi connectivity index (χ2v) is 4.28. The number of aliphatic hydroxyl groups is 1. The van der Waals surface area contributed by atoms with Crippen molar-refractivity contribution in [3.63, 3.8) is 0 Å². The van der Waals surface area contributed by atoms with E-state index in [1.807, 2.05) is 6.92 Å². The molecule has 1 unspecified atom stereocenters. The summed E-state index contributed by atoms with van der Waals surface area (Å²) in [5, 5.41) is 9.32. The van der Waals surface area contributed by atoms with E-state index in [-0.39, 0.29) is 6.10 Å². The van der Waals surface area contributed by atoms with Crippen LogP contribution in [0, 0.1) is 5.92 Å². The third kappa shape index (κ3) is 4.10. The number of hydrogen-bond acceptors (Lipinski definition) is 2. The van der Waals surface area contributed by atoms with E-state index < -0.39 is 0 Å². The van der Waals surface area contributed by atoms with Crippen LogP contribution in [0.25, 0.3) is 0 Å². The molecule has 0 heterocycles. The van der Waals surface area contributed by atoms with Gasteiger partial charge in [0.25, 0.3) is 0 Å². The summed E-state index contributed by atoms with van der Waals surface area (Å²) in [6.07, 6.45) is 5.87. The van der Waals surface area contributed by atoms with Gasteiger partial charge in [-0.05, 0) is 38.0 Å². The Balaban J connectivity index is 2.08. The standard InChI is InChI=1S/C11H22O2/c1-3-10(12)8-13-11-6-4-9(2)5-7-11/h9-12H,3-8H2,1-2H3. The Morgan fingerprint density at radius 3 is 2.46 bits per heavy atom. The summed E-state index contributed by atoms with van der Waals surface area (Å²) >= 11 is 0. The molecule has 1 rings (SSSR count). The Labute approximate surface area is 81.3 Å². The van der Waals surface area contributed by atoms with E-state index in [9.17, 15) is 5.11 Å². The molecule has 0 saturated heterocycles. The van der Waals surface area contributed by atoms with Crippen LogP contribution in [0.4, 0.5) is 0 Å². The van der Waals surface area contributed by atoms with Crippen LogP contribution < -0.4 is 0 Å². The SMILES string of the molecule is CCC(O)COC1CCC(C)CC1. The lowest BCUT2D eigenvalue weighted by molar-refractivity contribution is -0.0292. The average molecular weight is 186 g/mol. The minimum absolute atomic E-state index is 0.264. The number of ether oxygens (including phenoxy) is 1. The fourth-order valence-electron chi connectivity index (χ4n) is 1.76. The Morgan fingerprint density at radius 2 is 1.92 bits per heavy atom. The van der Waals surface area contributed by atoms with Gasteiger partial charge in [0.1, 0.15) is 0 Å². The Kier molecular flexibility index (Phi) is 4.74. The third-order valence-electron chi connectivity index (χ3n) is 2.96. The molecular formula is C11H22O2. The minimum Gasteiger partial charge on any atom is -0.391 e. The molecule has 1 aliphatic carbocycles. The van der Waals surface area contributed by atoms with Crippen LogP contribution in [-0.2, 0) is 4.74 Å². The molecule has 1 N–H and O–H groups in total. The molecule has 2 heteroatoms. The highest BCUT2D eigenvalue weighted by Crippen LogP contribution is 2.25. The van der Waals surface area contributed by atoms with E-state index in [0.717, 1.165) is 12.3 Å². The van der Waals surface area contributed by atoms with Crippen molar-refractivity contribution in [2.75, 3.05) is 6.61 Å². The Hall–Kier alpha value is -0.0800. The fraction of sp³-hybridized carbons (Fsp3) is 1.00. The van der Waals surface area contributed by atoms with Crippen LogP contribution in [0.5, 0.6) is 0 Å². The molecule has 13 heavy (non-hydrogen) atoms. The molecule has 0 radical (unpaired) electrons. The van der Waals surface area contributed by atoms with Gasteiger partial charge in [-0.3, -0.25) is 0 Å². The van der Waals surface area contributed by atoms with Gasteiger partial charge in [0.2, 0.25) is 0 Å². The quantitative estimate of drug-likeness (QED) is 0.730. The molecule has 1 aliphatic rings. The third-order valence-corrected chi connectivity index (χ3v) is 2.96. The van der Waals surface area contributed by atoms with Crippen molar-refractivity contribution in [2.24, 2.45) is 5.92 Å². The van der Waals surface area contributed by atoms with Crippen molar-refractivity contribution in [1.29, 1.82) is 0 Å². The van der Waals surface area contributed by atoms with Crippen LogP contribution in [0.3, 0.4) is 0 Å². The topological polar surface area (TPSA) is 29.5 Å². The molecule has 0 bridgehead atoms. The van der Waals surface area contributed by atoms with Crippen molar-refractivity contribution in [1.82, 2.24) is 0 Å². The predicted molar refractivity (Wildman–Crippen MR) is 53.7 cm³/mol. The highest BCUT2D eigenvalue weighted by atomic mass is 16.5. The lowest BCUT2D eigenvalue weighted by Gasteiger charge is -2.26. The maximum atomic E-state index is 9.32. The van der Waals surface area contributed by atoms with E-state index in [2.05, 4.69) is 6.92 Å². The molecule has 0 aromatic heterocycles. The maximum Gasteiger partial charge on any atom is 0.0771 e. The van der Waals surface area contributed by atoms with Gasteiger partial charge in [0.15, 0.2) is 0 Å². The summed E-state index contributed by atoms with van der Waals surface area (Å²) in [4.78, 5) is 0. The van der Waals surface area contributed by atoms with E-state index in [1.54, 1.807) is 0 Å². The zero-order valence-corrected chi connectivity index (χ0v) is 8.83. The first-order chi connectivity index (χ1) is 6.22. The smallest absolute Gasteiger partial charge is 0.0771 e. The predicted octanol–water partition coefficient (Wildman–Crippen LogP) is 2.35. The fourth-order valence-corrected chi connectivity index (χ4v) is 1.76. The van der Waals surface area contributed by atoms with Crippen LogP contribution >= 0.6 is 0 Å². The monoisotopic (exact) mass is 186 g/mol. The van der Waals surface area contributed by atoms with Crippen LogP contribution in [0.1, 0.15) is 46.0 Å². The van der Waals surface area contributed by atoms with Gasteiger partial charge in [-0.15, -0.1) is 0 Å². The largest absolute Gasteiger partial charge is 0.391 e. The van der Waals surface area contributed by atoms with Gasteiger partial charge in [-0.25, -0.2) is 0 Å². The van der Waals surface area contributed by atoms with Crippen LogP contribution in [-0.4, -0.2) is 23.9 Å². The second-order valence-electron chi connectivity index (χ2n) is 4.28. The molecule has 1 saturated carbocycles. The van der Waals surface area contributed by atoms with Gasteiger partial charge in [0.05, 0.1) is 18.8 Å². The normalized spacial score (nSPS) is 31.6. The Morgan fingerprint density at radius 1 is 1.31 bits per heavy atom. The summed E-state index contributed by atoms with van der Waals surface area (Å²) in [7, 11) is 0. The molecule has 0 amide bonds. The average Bonchev–Trinajstić information content (AvgIpc) is 2.16. The number of hydrogen-bond donors (Lipinski definition) is 1. The van der Waals surface area contributed by atoms with Crippen molar-refractivity contribution in [2.45, 2.75) is 58.2 Å². The number of rotatable bonds is 4. The van der Waals surface area contributed by atoms with Gasteiger partial charge in [-0.1, -0.05) is 13.8 Å². The Bertz CT molecular complexity index is 128. The molecule has 0 spiro atoms. The van der Waals surface area contributed by atoms with Crippen molar-refractivity contribution < 1.29 is 9.84 Å². The highest BCUT2D eigenvalue weighted by molar-refractivity contribution is 4.70. The zero-order chi connectivity index (χ0) is 9.68. The first-order valence-corrected chi connectivity index (χ1v) is 5.52. The van der Waals surface area contributed by atoms with Crippen molar-refractivity contribution in [3.8, 4) is 0 Å². The molecular weight excluding hydrogens is 164 g/mol. The van der Waals surface area contributed by atoms with Crippen LogP contribution in [0.15, 0.2) is 0 Å². The minimum atomic E-state index is -0.264. The van der Waals surface area contributed by atoms with Gasteiger partial charge < -0.3 is 9.84 Å². The second kappa shape index (κ2) is 5.61. The number of aliphatic hydroxyl groups excluding tert-OH is 1. The van der Waals surface area contributed by atoms with E-state index >= 15 is 0 Å². The molecule has 1 fully saturated rings. The van der Waals surface area contributed by atoms with Crippen molar-refractivity contribution in [3.05, 3.63) is 0 Å². The van der Waals surface area contributed by atoms with E-state index in [4.69, 9.17) is 4.74 Å². The first-order valence-electron chi connectivity index (χ1n) is 5.52. The lowest BCUT2D eigenvalue weighted by atomic mass is 9.89. The van der Waals surface area contributed by atoms with E-state index in [1.165, 1.54) is 25.7 Å². The zero-order valence-electron chi connectivity index (χ0n) is 8.83. The van der Waals surface area contributed by atoms with Gasteiger partial charge in [-0.2, -0.15) is 0 Å². The molecule has 0 aliphatic heterocycles. The lowest BCUT2D eigenvalue weighted by Crippen LogP contribution is -2.25. The summed E-state index contributed by atoms with van der Waals surface area (Å²) in [5.74, 6) is 0.871. The molecule has 0 aromatic carbocycles. The molecule has 1 atom stereocenters. The first kappa shape index (κ1) is 11.0. The van der Waals surface area contributed by atoms with Gasteiger partial charge in [0, 0.05) is 0 Å². The van der Waals surface area contributed by atoms with Crippen molar-refractivity contribution >= 4 is 0 Å². The van der Waals surface area contributed by atoms with Gasteiger partial charge >= 0.3 is 0 Å². The van der Waals surface area contributed by atoms with E-state index in [0.29, 0.717) is 12.7 Å². The molecule has 0 aromatic rings. The summed E-state index contributed by atoms with van der Waals surface area (Å²) in [6, 6.07) is 0. The summed E-state index contributed by atoms with van der Waals surface area (Å²) < 4.78 is 5.63. The molecule has 78 valence electrons. The molecule has 2 nitrogen and oxygen atoms in total. The summed E-state index contributed by atoms with van der Waals surface area (Å²) in [5.41, 5.74) is 0. The highest BCUT2D eigenvalue weighted by Gasteiger charge is 2.18.